The Morgan fingerprint density at radius 1 is 1.28 bits per heavy atom. The third-order valence-corrected chi connectivity index (χ3v) is 2.76. The van der Waals surface area contributed by atoms with Gasteiger partial charge in [0, 0.05) is 32.3 Å². The van der Waals surface area contributed by atoms with Crippen LogP contribution >= 0.6 is 0 Å². The van der Waals surface area contributed by atoms with Gasteiger partial charge in [-0.2, -0.15) is 0 Å². The van der Waals surface area contributed by atoms with Crippen LogP contribution in [0, 0.1) is 0 Å². The molecule has 1 aromatic heterocycles. The predicted octanol–water partition coefficient (Wildman–Crippen LogP) is 1.94. The van der Waals surface area contributed by atoms with E-state index in [1.54, 1.807) is 6.33 Å². The van der Waals surface area contributed by atoms with Crippen LogP contribution < -0.4 is 10.2 Å². The van der Waals surface area contributed by atoms with E-state index in [4.69, 9.17) is 4.74 Å². The zero-order valence-electron chi connectivity index (χ0n) is 11.9. The quantitative estimate of drug-likeness (QED) is 0.717. The summed E-state index contributed by atoms with van der Waals surface area (Å²) in [7, 11) is 2.04. The molecule has 0 aliphatic carbocycles. The van der Waals surface area contributed by atoms with Crippen molar-refractivity contribution in [1.82, 2.24) is 9.97 Å². The van der Waals surface area contributed by atoms with Gasteiger partial charge in [0.15, 0.2) is 0 Å². The van der Waals surface area contributed by atoms with E-state index in [1.807, 2.05) is 14.0 Å². The Kier molecular flexibility index (Phi) is 6.43. The summed E-state index contributed by atoms with van der Waals surface area (Å²) in [6.07, 6.45) is 2.53. The number of ether oxygens (including phenoxy) is 1. The minimum Gasteiger partial charge on any atom is -0.380 e. The lowest BCUT2D eigenvalue weighted by atomic mass is 10.2. The number of hydrogen-bond donors (Lipinski definition) is 1. The smallest absolute Gasteiger partial charge is 0.137 e. The van der Waals surface area contributed by atoms with Gasteiger partial charge in [0.2, 0.25) is 0 Å². The SMILES string of the molecule is CCNc1ncnc(N(C)CCOCC)c1CC. The first-order valence-electron chi connectivity index (χ1n) is 6.61. The molecule has 18 heavy (non-hydrogen) atoms. The maximum absolute atomic E-state index is 5.38. The normalized spacial score (nSPS) is 10.4. The minimum absolute atomic E-state index is 0.719. The van der Waals surface area contributed by atoms with Gasteiger partial charge in [0.05, 0.1) is 6.61 Å². The molecule has 0 aliphatic rings. The minimum atomic E-state index is 0.719. The highest BCUT2D eigenvalue weighted by molar-refractivity contribution is 5.58. The maximum Gasteiger partial charge on any atom is 0.137 e. The van der Waals surface area contributed by atoms with Crippen LogP contribution in [0.2, 0.25) is 0 Å². The molecule has 102 valence electrons. The molecule has 0 fully saturated rings. The van der Waals surface area contributed by atoms with Crippen LogP contribution in [0.3, 0.4) is 0 Å². The number of anilines is 2. The molecule has 1 heterocycles. The van der Waals surface area contributed by atoms with E-state index in [0.29, 0.717) is 0 Å². The van der Waals surface area contributed by atoms with Crippen LogP contribution in [-0.2, 0) is 11.2 Å². The molecular weight excluding hydrogens is 228 g/mol. The molecule has 5 nitrogen and oxygen atoms in total. The number of rotatable bonds is 8. The van der Waals surface area contributed by atoms with E-state index in [9.17, 15) is 0 Å². The van der Waals surface area contributed by atoms with E-state index < -0.39 is 0 Å². The van der Waals surface area contributed by atoms with Gasteiger partial charge in [-0.1, -0.05) is 6.92 Å². The Bertz CT molecular complexity index is 357. The molecule has 0 amide bonds. The van der Waals surface area contributed by atoms with Gasteiger partial charge < -0.3 is 15.0 Å². The van der Waals surface area contributed by atoms with Crippen molar-refractivity contribution in [2.45, 2.75) is 27.2 Å². The maximum atomic E-state index is 5.38. The van der Waals surface area contributed by atoms with Crippen molar-refractivity contribution >= 4 is 11.6 Å². The first-order chi connectivity index (χ1) is 8.74. The summed E-state index contributed by atoms with van der Waals surface area (Å²) in [4.78, 5) is 10.8. The summed E-state index contributed by atoms with van der Waals surface area (Å²) in [6.45, 7) is 9.37. The second-order valence-electron chi connectivity index (χ2n) is 4.03. The zero-order valence-corrected chi connectivity index (χ0v) is 11.9. The van der Waals surface area contributed by atoms with Gasteiger partial charge in [0.1, 0.15) is 18.0 Å². The van der Waals surface area contributed by atoms with E-state index in [1.165, 1.54) is 5.56 Å². The highest BCUT2D eigenvalue weighted by Gasteiger charge is 2.12. The van der Waals surface area contributed by atoms with Gasteiger partial charge >= 0.3 is 0 Å². The molecule has 0 radical (unpaired) electrons. The summed E-state index contributed by atoms with van der Waals surface area (Å²) < 4.78 is 5.38. The Balaban J connectivity index is 2.82. The fourth-order valence-corrected chi connectivity index (χ4v) is 1.83. The van der Waals surface area contributed by atoms with Crippen molar-refractivity contribution in [1.29, 1.82) is 0 Å². The standard InChI is InChI=1S/C13H24N4O/c1-5-11-12(14-6-2)15-10-16-13(11)17(4)8-9-18-7-3/h10H,5-9H2,1-4H3,(H,14,15,16). The van der Waals surface area contributed by atoms with Crippen LogP contribution in [0.1, 0.15) is 26.3 Å². The van der Waals surface area contributed by atoms with Crippen LogP contribution in [0.15, 0.2) is 6.33 Å². The Morgan fingerprint density at radius 3 is 2.67 bits per heavy atom. The molecule has 0 bridgehead atoms. The largest absolute Gasteiger partial charge is 0.380 e. The topological polar surface area (TPSA) is 50.3 Å². The van der Waals surface area contributed by atoms with Gasteiger partial charge in [-0.05, 0) is 20.3 Å². The number of likely N-dealkylation sites (N-methyl/N-ethyl adjacent to an activating group) is 1. The lowest BCUT2D eigenvalue weighted by Gasteiger charge is -2.22. The lowest BCUT2D eigenvalue weighted by molar-refractivity contribution is 0.154. The van der Waals surface area contributed by atoms with Crippen molar-refractivity contribution in [2.24, 2.45) is 0 Å². The number of hydrogen-bond acceptors (Lipinski definition) is 5. The first kappa shape index (κ1) is 14.7. The molecule has 0 saturated carbocycles. The average molecular weight is 252 g/mol. The molecule has 0 unspecified atom stereocenters. The average Bonchev–Trinajstić information content (AvgIpc) is 2.39. The van der Waals surface area contributed by atoms with Crippen LogP contribution in [0.25, 0.3) is 0 Å². The summed E-state index contributed by atoms with van der Waals surface area (Å²) in [5.41, 5.74) is 1.17. The monoisotopic (exact) mass is 252 g/mol. The van der Waals surface area contributed by atoms with Gasteiger partial charge in [-0.15, -0.1) is 0 Å². The first-order valence-corrected chi connectivity index (χ1v) is 6.61. The number of nitrogens with one attached hydrogen (secondary N) is 1. The van der Waals surface area contributed by atoms with Crippen molar-refractivity contribution < 1.29 is 4.74 Å². The van der Waals surface area contributed by atoms with E-state index >= 15 is 0 Å². The van der Waals surface area contributed by atoms with Crippen molar-refractivity contribution in [3.63, 3.8) is 0 Å². The molecule has 0 aromatic carbocycles. The fourth-order valence-electron chi connectivity index (χ4n) is 1.83. The summed E-state index contributed by atoms with van der Waals surface area (Å²) in [5.74, 6) is 1.93. The molecule has 1 rings (SSSR count). The Labute approximate surface area is 110 Å². The molecule has 0 spiro atoms. The van der Waals surface area contributed by atoms with Crippen molar-refractivity contribution in [3.05, 3.63) is 11.9 Å². The van der Waals surface area contributed by atoms with E-state index in [-0.39, 0.29) is 0 Å². The van der Waals surface area contributed by atoms with Gasteiger partial charge in [-0.3, -0.25) is 0 Å². The fraction of sp³-hybridized carbons (Fsp3) is 0.692. The van der Waals surface area contributed by atoms with Gasteiger partial charge in [-0.25, -0.2) is 9.97 Å². The molecule has 0 aliphatic heterocycles. The number of nitrogens with zero attached hydrogens (tertiary/aromatic N) is 3. The number of aromatic nitrogens is 2. The summed E-state index contributed by atoms with van der Waals surface area (Å²) in [5, 5.41) is 3.28. The Hall–Kier alpha value is -1.36. The van der Waals surface area contributed by atoms with Crippen LogP contribution in [-0.4, -0.2) is 43.3 Å². The second-order valence-corrected chi connectivity index (χ2v) is 4.03. The van der Waals surface area contributed by atoms with E-state index in [2.05, 4.69) is 34.0 Å². The van der Waals surface area contributed by atoms with Gasteiger partial charge in [0.25, 0.3) is 0 Å². The molecule has 1 N–H and O–H groups in total. The summed E-state index contributed by atoms with van der Waals surface area (Å²) >= 11 is 0. The predicted molar refractivity (Wildman–Crippen MR) is 75.3 cm³/mol. The van der Waals surface area contributed by atoms with Crippen LogP contribution in [0.5, 0.6) is 0 Å². The van der Waals surface area contributed by atoms with Crippen molar-refractivity contribution in [3.8, 4) is 0 Å². The third kappa shape index (κ3) is 3.84. The molecular formula is C13H24N4O. The third-order valence-electron chi connectivity index (χ3n) is 2.76. The highest BCUT2D eigenvalue weighted by atomic mass is 16.5. The highest BCUT2D eigenvalue weighted by Crippen LogP contribution is 2.22. The van der Waals surface area contributed by atoms with Crippen molar-refractivity contribution in [2.75, 3.05) is 43.6 Å². The summed E-state index contributed by atoms with van der Waals surface area (Å²) in [6, 6.07) is 0. The van der Waals surface area contributed by atoms with E-state index in [0.717, 1.165) is 44.4 Å². The van der Waals surface area contributed by atoms with Crippen LogP contribution in [0.4, 0.5) is 11.6 Å². The molecule has 0 atom stereocenters. The molecule has 0 saturated heterocycles. The second kappa shape index (κ2) is 7.87. The molecule has 1 aromatic rings. The molecule has 5 heteroatoms. The zero-order chi connectivity index (χ0) is 13.4. The Morgan fingerprint density at radius 2 is 2.06 bits per heavy atom. The lowest BCUT2D eigenvalue weighted by Crippen LogP contribution is -2.25.